The molecule has 3 rings (SSSR count). The van der Waals surface area contributed by atoms with Crippen molar-refractivity contribution in [3.05, 3.63) is 60.3 Å². The molecule has 94 valence electrons. The second kappa shape index (κ2) is 4.49. The lowest BCUT2D eigenvalue weighted by molar-refractivity contribution is 0.102. The summed E-state index contributed by atoms with van der Waals surface area (Å²) in [5.41, 5.74) is 2.14. The van der Waals surface area contributed by atoms with Crippen LogP contribution in [0.5, 0.6) is 5.75 Å². The molecule has 0 bridgehead atoms. The number of phenols is 1. The van der Waals surface area contributed by atoms with Gasteiger partial charge in [0.2, 0.25) is 0 Å². The van der Waals surface area contributed by atoms with Crippen LogP contribution >= 0.6 is 0 Å². The van der Waals surface area contributed by atoms with Gasteiger partial charge < -0.3 is 15.4 Å². The minimum Gasteiger partial charge on any atom is -0.508 e. The Labute approximate surface area is 109 Å². The lowest BCUT2D eigenvalue weighted by Gasteiger charge is -2.05. The van der Waals surface area contributed by atoms with E-state index in [0.29, 0.717) is 11.3 Å². The smallest absolute Gasteiger partial charge is 0.255 e. The predicted molar refractivity (Wildman–Crippen MR) is 74.4 cm³/mol. The third-order valence-electron chi connectivity index (χ3n) is 2.92. The fraction of sp³-hybridized carbons (Fsp3) is 0. The number of hydrogen-bond donors (Lipinski definition) is 3. The minimum absolute atomic E-state index is 0.124. The van der Waals surface area contributed by atoms with E-state index in [9.17, 15) is 9.90 Å². The highest BCUT2D eigenvalue weighted by atomic mass is 16.3. The van der Waals surface area contributed by atoms with Gasteiger partial charge in [0, 0.05) is 34.4 Å². The van der Waals surface area contributed by atoms with Gasteiger partial charge in [0.1, 0.15) is 5.75 Å². The Bertz CT molecular complexity index is 746. The maximum absolute atomic E-state index is 12.1. The molecule has 1 heterocycles. The molecule has 2 aromatic carbocycles. The second-order valence-corrected chi connectivity index (χ2v) is 4.28. The van der Waals surface area contributed by atoms with Gasteiger partial charge in [-0.1, -0.05) is 6.07 Å². The summed E-state index contributed by atoms with van der Waals surface area (Å²) in [5.74, 6) is -0.0763. The molecule has 0 aliphatic rings. The van der Waals surface area contributed by atoms with Crippen molar-refractivity contribution in [2.45, 2.75) is 0 Å². The van der Waals surface area contributed by atoms with Gasteiger partial charge in [-0.15, -0.1) is 0 Å². The molecule has 0 aliphatic carbocycles. The fourth-order valence-corrected chi connectivity index (χ4v) is 1.98. The molecular weight excluding hydrogens is 240 g/mol. The van der Waals surface area contributed by atoms with Gasteiger partial charge in [-0.3, -0.25) is 4.79 Å². The molecular formula is C15H12N2O2. The van der Waals surface area contributed by atoms with Gasteiger partial charge in [0.15, 0.2) is 0 Å². The molecule has 1 aromatic heterocycles. The second-order valence-electron chi connectivity index (χ2n) is 4.28. The number of carbonyl (C=O) groups excluding carboxylic acids is 1. The van der Waals surface area contributed by atoms with E-state index in [2.05, 4.69) is 10.3 Å². The molecule has 0 atom stereocenters. The highest BCUT2D eigenvalue weighted by molar-refractivity contribution is 6.06. The number of aromatic amines is 1. The molecule has 0 fully saturated rings. The molecule has 0 spiro atoms. The highest BCUT2D eigenvalue weighted by Crippen LogP contribution is 2.18. The largest absolute Gasteiger partial charge is 0.508 e. The van der Waals surface area contributed by atoms with E-state index in [1.165, 1.54) is 6.07 Å². The van der Waals surface area contributed by atoms with Gasteiger partial charge in [-0.2, -0.15) is 0 Å². The van der Waals surface area contributed by atoms with Gasteiger partial charge >= 0.3 is 0 Å². The highest BCUT2D eigenvalue weighted by Gasteiger charge is 2.07. The zero-order valence-electron chi connectivity index (χ0n) is 10.1. The van der Waals surface area contributed by atoms with Gasteiger partial charge in [-0.05, 0) is 36.4 Å². The standard InChI is InChI=1S/C15H12N2O2/c18-13-3-1-2-12(9-13)17-15(19)11-4-5-14-10(8-11)6-7-16-14/h1-9,16,18H,(H,17,19). The van der Waals surface area contributed by atoms with Crippen molar-refractivity contribution in [1.82, 2.24) is 4.98 Å². The van der Waals surface area contributed by atoms with Crippen molar-refractivity contribution in [3.63, 3.8) is 0 Å². The van der Waals surface area contributed by atoms with E-state index in [4.69, 9.17) is 0 Å². The van der Waals surface area contributed by atoms with Gasteiger partial charge in [0.05, 0.1) is 0 Å². The summed E-state index contributed by atoms with van der Waals surface area (Å²) < 4.78 is 0. The van der Waals surface area contributed by atoms with Crippen molar-refractivity contribution in [3.8, 4) is 5.75 Å². The number of nitrogens with one attached hydrogen (secondary N) is 2. The predicted octanol–water partition coefficient (Wildman–Crippen LogP) is 3.13. The number of H-pyrrole nitrogens is 1. The molecule has 3 N–H and O–H groups in total. The van der Waals surface area contributed by atoms with Crippen LogP contribution in [-0.2, 0) is 0 Å². The zero-order chi connectivity index (χ0) is 13.2. The third kappa shape index (κ3) is 2.28. The summed E-state index contributed by atoms with van der Waals surface area (Å²) >= 11 is 0. The Balaban J connectivity index is 1.87. The van der Waals surface area contributed by atoms with Crippen molar-refractivity contribution in [1.29, 1.82) is 0 Å². The van der Waals surface area contributed by atoms with Crippen LogP contribution in [-0.4, -0.2) is 16.0 Å². The molecule has 4 heteroatoms. The number of phenolic OH excluding ortho intramolecular Hbond substituents is 1. The molecule has 0 saturated heterocycles. The van der Waals surface area contributed by atoms with Crippen LogP contribution in [0.3, 0.4) is 0 Å². The first-order valence-electron chi connectivity index (χ1n) is 5.90. The first kappa shape index (κ1) is 11.3. The van der Waals surface area contributed by atoms with E-state index < -0.39 is 0 Å². The maximum Gasteiger partial charge on any atom is 0.255 e. The SMILES string of the molecule is O=C(Nc1cccc(O)c1)c1ccc2[nH]ccc2c1. The van der Waals surface area contributed by atoms with Crippen LogP contribution in [0.2, 0.25) is 0 Å². The van der Waals surface area contributed by atoms with Gasteiger partial charge in [-0.25, -0.2) is 0 Å². The molecule has 1 amide bonds. The normalized spacial score (nSPS) is 10.5. The quantitative estimate of drug-likeness (QED) is 0.656. The number of hydrogen-bond acceptors (Lipinski definition) is 2. The van der Waals surface area contributed by atoms with Crippen LogP contribution in [0.4, 0.5) is 5.69 Å². The Morgan fingerprint density at radius 1 is 1.11 bits per heavy atom. The topological polar surface area (TPSA) is 65.1 Å². The van der Waals surface area contributed by atoms with E-state index in [0.717, 1.165) is 10.9 Å². The molecule has 0 saturated carbocycles. The number of anilines is 1. The van der Waals surface area contributed by atoms with E-state index in [-0.39, 0.29) is 11.7 Å². The van der Waals surface area contributed by atoms with Crippen LogP contribution in [0.1, 0.15) is 10.4 Å². The molecule has 3 aromatic rings. The fourth-order valence-electron chi connectivity index (χ4n) is 1.98. The molecule has 0 aliphatic heterocycles. The molecule has 0 radical (unpaired) electrons. The average molecular weight is 252 g/mol. The van der Waals surface area contributed by atoms with Crippen molar-refractivity contribution in [2.75, 3.05) is 5.32 Å². The summed E-state index contributed by atoms with van der Waals surface area (Å²) in [4.78, 5) is 15.2. The summed E-state index contributed by atoms with van der Waals surface area (Å²) in [6, 6.07) is 13.8. The average Bonchev–Trinajstić information content (AvgIpc) is 2.85. The third-order valence-corrected chi connectivity index (χ3v) is 2.92. The van der Waals surface area contributed by atoms with Crippen molar-refractivity contribution in [2.24, 2.45) is 0 Å². The number of fused-ring (bicyclic) bond motifs is 1. The van der Waals surface area contributed by atoms with Crippen molar-refractivity contribution < 1.29 is 9.90 Å². The number of benzene rings is 2. The van der Waals surface area contributed by atoms with E-state index in [1.54, 1.807) is 24.3 Å². The Hall–Kier alpha value is -2.75. The number of rotatable bonds is 2. The van der Waals surface area contributed by atoms with E-state index >= 15 is 0 Å². The number of aromatic hydroxyl groups is 1. The first-order valence-corrected chi connectivity index (χ1v) is 5.90. The Morgan fingerprint density at radius 2 is 2.00 bits per heavy atom. The number of amides is 1. The zero-order valence-corrected chi connectivity index (χ0v) is 10.1. The number of carbonyl (C=O) groups is 1. The van der Waals surface area contributed by atoms with Crippen LogP contribution < -0.4 is 5.32 Å². The number of aromatic nitrogens is 1. The molecule has 4 nitrogen and oxygen atoms in total. The van der Waals surface area contributed by atoms with Crippen molar-refractivity contribution >= 4 is 22.5 Å². The molecule has 0 unspecified atom stereocenters. The van der Waals surface area contributed by atoms with Crippen LogP contribution in [0.15, 0.2) is 54.7 Å². The monoisotopic (exact) mass is 252 g/mol. The van der Waals surface area contributed by atoms with E-state index in [1.807, 2.05) is 24.4 Å². The Morgan fingerprint density at radius 3 is 2.84 bits per heavy atom. The Kier molecular flexibility index (Phi) is 2.68. The lowest BCUT2D eigenvalue weighted by Crippen LogP contribution is -2.11. The van der Waals surface area contributed by atoms with Crippen LogP contribution in [0.25, 0.3) is 10.9 Å². The summed E-state index contributed by atoms with van der Waals surface area (Å²) in [6.45, 7) is 0. The lowest BCUT2D eigenvalue weighted by atomic mass is 10.1. The summed E-state index contributed by atoms with van der Waals surface area (Å²) in [7, 11) is 0. The summed E-state index contributed by atoms with van der Waals surface area (Å²) in [6.07, 6.45) is 1.83. The van der Waals surface area contributed by atoms with Crippen LogP contribution in [0, 0.1) is 0 Å². The van der Waals surface area contributed by atoms with Gasteiger partial charge in [0.25, 0.3) is 5.91 Å². The summed E-state index contributed by atoms with van der Waals surface area (Å²) in [5, 5.41) is 13.1. The molecule has 19 heavy (non-hydrogen) atoms. The minimum atomic E-state index is -0.200. The maximum atomic E-state index is 12.1. The first-order chi connectivity index (χ1) is 9.22.